The standard InChI is InChI=1S/C46H50N4O2/c1-29(2)16-19-39-32(6)31(5)33(7)40(20-17-30(3)4)46(39)34-27-48-49(28-34)35-12-11-13-37(24-35)52-38-18-21-42-41-14-9-10-15-43(41)50(44(42)25-38)45-26-36(51-8)22-23-47-45/h9-15,18,21-30H,16-17,19-20H2,1-8H3. The van der Waals surface area contributed by atoms with Crippen LogP contribution in [0.4, 0.5) is 0 Å². The number of hydrogen-bond acceptors (Lipinski definition) is 4. The zero-order valence-electron chi connectivity index (χ0n) is 31.8. The number of para-hydroxylation sites is 1. The Kier molecular flexibility index (Phi) is 9.92. The lowest BCUT2D eigenvalue weighted by atomic mass is 9.81. The van der Waals surface area contributed by atoms with Crippen molar-refractivity contribution in [3.05, 3.63) is 125 Å². The van der Waals surface area contributed by atoms with E-state index < -0.39 is 0 Å². The lowest BCUT2D eigenvalue weighted by Crippen LogP contribution is -2.08. The summed E-state index contributed by atoms with van der Waals surface area (Å²) in [6, 6.07) is 26.7. The van der Waals surface area contributed by atoms with Gasteiger partial charge in [-0.3, -0.25) is 4.57 Å². The van der Waals surface area contributed by atoms with Crippen LogP contribution in [0.5, 0.6) is 17.2 Å². The van der Waals surface area contributed by atoms with Gasteiger partial charge in [-0.15, -0.1) is 0 Å². The molecule has 6 heteroatoms. The fourth-order valence-corrected chi connectivity index (χ4v) is 7.46. The number of nitrogens with zero attached hydrogens (tertiary/aromatic N) is 4. The molecule has 0 bridgehead atoms. The minimum Gasteiger partial charge on any atom is -0.497 e. The number of aromatic nitrogens is 4. The van der Waals surface area contributed by atoms with Gasteiger partial charge in [0.2, 0.25) is 0 Å². The van der Waals surface area contributed by atoms with Gasteiger partial charge in [-0.1, -0.05) is 52.0 Å². The molecular formula is C46H50N4O2. The van der Waals surface area contributed by atoms with Crippen molar-refractivity contribution in [1.82, 2.24) is 19.3 Å². The fourth-order valence-electron chi connectivity index (χ4n) is 7.46. The molecule has 0 spiro atoms. The van der Waals surface area contributed by atoms with Gasteiger partial charge in [-0.25, -0.2) is 9.67 Å². The molecule has 3 aromatic heterocycles. The van der Waals surface area contributed by atoms with E-state index in [0.29, 0.717) is 11.8 Å². The topological polar surface area (TPSA) is 54.1 Å². The minimum absolute atomic E-state index is 0.640. The Morgan fingerprint density at radius 2 is 1.37 bits per heavy atom. The molecule has 0 N–H and O–H groups in total. The van der Waals surface area contributed by atoms with Crippen molar-refractivity contribution < 1.29 is 9.47 Å². The molecule has 0 fully saturated rings. The first-order valence-corrected chi connectivity index (χ1v) is 18.6. The van der Waals surface area contributed by atoms with Crippen LogP contribution in [0.15, 0.2) is 97.5 Å². The van der Waals surface area contributed by atoms with Crippen molar-refractivity contribution in [3.8, 4) is 39.9 Å². The first-order chi connectivity index (χ1) is 25.1. The number of benzene rings is 4. The Hall–Kier alpha value is -5.36. The Labute approximate surface area is 308 Å². The van der Waals surface area contributed by atoms with Crippen LogP contribution in [0.25, 0.3) is 44.4 Å². The van der Waals surface area contributed by atoms with Crippen LogP contribution in [-0.4, -0.2) is 26.4 Å². The normalized spacial score (nSPS) is 11.7. The Morgan fingerprint density at radius 1 is 0.673 bits per heavy atom. The molecule has 0 radical (unpaired) electrons. The molecule has 0 saturated carbocycles. The van der Waals surface area contributed by atoms with Gasteiger partial charge in [-0.2, -0.15) is 5.10 Å². The smallest absolute Gasteiger partial charge is 0.141 e. The quantitative estimate of drug-likeness (QED) is 0.128. The molecule has 3 heterocycles. The molecule has 0 atom stereocenters. The van der Waals surface area contributed by atoms with E-state index in [1.807, 2.05) is 41.2 Å². The number of ether oxygens (including phenoxy) is 2. The molecule has 52 heavy (non-hydrogen) atoms. The SMILES string of the molecule is COc1ccnc(-n2c3ccccc3c3ccc(Oc4cccc(-n5cc(-c6c(CCC(C)C)c(C)c(C)c(C)c6CCC(C)C)cn5)c4)cc32)c1. The molecular weight excluding hydrogens is 641 g/mol. The van der Waals surface area contributed by atoms with E-state index in [1.165, 1.54) is 38.9 Å². The van der Waals surface area contributed by atoms with Crippen molar-refractivity contribution in [1.29, 1.82) is 0 Å². The highest BCUT2D eigenvalue weighted by molar-refractivity contribution is 6.09. The van der Waals surface area contributed by atoms with E-state index in [-0.39, 0.29) is 0 Å². The summed E-state index contributed by atoms with van der Waals surface area (Å²) in [4.78, 5) is 4.71. The third-order valence-corrected chi connectivity index (χ3v) is 10.6. The lowest BCUT2D eigenvalue weighted by molar-refractivity contribution is 0.414. The van der Waals surface area contributed by atoms with Crippen molar-refractivity contribution in [3.63, 3.8) is 0 Å². The first kappa shape index (κ1) is 35.1. The predicted octanol–water partition coefficient (Wildman–Crippen LogP) is 11.9. The Bertz CT molecular complexity index is 2340. The maximum Gasteiger partial charge on any atom is 0.141 e. The largest absolute Gasteiger partial charge is 0.497 e. The van der Waals surface area contributed by atoms with Gasteiger partial charge in [0.15, 0.2) is 0 Å². The van der Waals surface area contributed by atoms with E-state index in [0.717, 1.165) is 76.2 Å². The van der Waals surface area contributed by atoms with Gasteiger partial charge in [-0.05, 0) is 128 Å². The molecule has 0 aliphatic rings. The summed E-state index contributed by atoms with van der Waals surface area (Å²) in [5.41, 5.74) is 12.8. The molecule has 0 amide bonds. The summed E-state index contributed by atoms with van der Waals surface area (Å²) in [6.45, 7) is 16.2. The van der Waals surface area contributed by atoms with E-state index in [2.05, 4.69) is 108 Å². The van der Waals surface area contributed by atoms with Gasteiger partial charge in [0, 0.05) is 46.9 Å². The monoisotopic (exact) mass is 690 g/mol. The van der Waals surface area contributed by atoms with Crippen LogP contribution in [0.2, 0.25) is 0 Å². The van der Waals surface area contributed by atoms with E-state index in [1.54, 1.807) is 13.3 Å². The third-order valence-electron chi connectivity index (χ3n) is 10.6. The first-order valence-electron chi connectivity index (χ1n) is 18.6. The van der Waals surface area contributed by atoms with Crippen molar-refractivity contribution >= 4 is 21.8 Å². The predicted molar refractivity (Wildman–Crippen MR) is 215 cm³/mol. The zero-order chi connectivity index (χ0) is 36.5. The molecule has 0 saturated heterocycles. The number of fused-ring (bicyclic) bond motifs is 3. The number of pyridine rings is 1. The molecule has 6 nitrogen and oxygen atoms in total. The summed E-state index contributed by atoms with van der Waals surface area (Å²) in [5.74, 6) is 4.31. The van der Waals surface area contributed by atoms with Crippen LogP contribution in [0.3, 0.4) is 0 Å². The highest BCUT2D eigenvalue weighted by atomic mass is 16.5. The second kappa shape index (κ2) is 14.7. The maximum absolute atomic E-state index is 6.56. The van der Waals surface area contributed by atoms with Crippen LogP contribution in [0, 0.1) is 32.6 Å². The lowest BCUT2D eigenvalue weighted by Gasteiger charge is -2.23. The maximum atomic E-state index is 6.56. The van der Waals surface area contributed by atoms with Gasteiger partial charge in [0.05, 0.1) is 30.0 Å². The van der Waals surface area contributed by atoms with E-state index in [4.69, 9.17) is 19.6 Å². The molecule has 0 aliphatic carbocycles. The molecule has 266 valence electrons. The number of rotatable bonds is 12. The highest BCUT2D eigenvalue weighted by Gasteiger charge is 2.21. The molecule has 4 aromatic carbocycles. The summed E-state index contributed by atoms with van der Waals surface area (Å²) in [6.07, 6.45) is 10.5. The van der Waals surface area contributed by atoms with Crippen LogP contribution in [-0.2, 0) is 12.8 Å². The average Bonchev–Trinajstić information content (AvgIpc) is 3.76. The van der Waals surface area contributed by atoms with Crippen molar-refractivity contribution in [2.75, 3.05) is 7.11 Å². The van der Waals surface area contributed by atoms with Crippen LogP contribution >= 0.6 is 0 Å². The second-order valence-corrected chi connectivity index (χ2v) is 14.9. The van der Waals surface area contributed by atoms with Gasteiger partial charge >= 0.3 is 0 Å². The van der Waals surface area contributed by atoms with Crippen LogP contribution in [0.1, 0.15) is 68.4 Å². The third kappa shape index (κ3) is 6.82. The van der Waals surface area contributed by atoms with Gasteiger partial charge in [0.1, 0.15) is 23.1 Å². The summed E-state index contributed by atoms with van der Waals surface area (Å²) in [5, 5.41) is 7.22. The molecule has 7 rings (SSSR count). The summed E-state index contributed by atoms with van der Waals surface area (Å²) < 4.78 is 16.3. The van der Waals surface area contributed by atoms with Crippen LogP contribution < -0.4 is 9.47 Å². The van der Waals surface area contributed by atoms with E-state index in [9.17, 15) is 0 Å². The van der Waals surface area contributed by atoms with Gasteiger partial charge < -0.3 is 9.47 Å². The number of methoxy groups -OCH3 is 1. The van der Waals surface area contributed by atoms with Gasteiger partial charge in [0.25, 0.3) is 0 Å². The van der Waals surface area contributed by atoms with Crippen molar-refractivity contribution in [2.24, 2.45) is 11.8 Å². The summed E-state index contributed by atoms with van der Waals surface area (Å²) >= 11 is 0. The highest BCUT2D eigenvalue weighted by Crippen LogP contribution is 2.39. The summed E-state index contributed by atoms with van der Waals surface area (Å²) in [7, 11) is 1.68. The second-order valence-electron chi connectivity index (χ2n) is 14.9. The van der Waals surface area contributed by atoms with E-state index >= 15 is 0 Å². The molecule has 0 aliphatic heterocycles. The zero-order valence-corrected chi connectivity index (χ0v) is 31.8. The van der Waals surface area contributed by atoms with Crippen molar-refractivity contribution in [2.45, 2.75) is 74.1 Å². The minimum atomic E-state index is 0.640. The fraction of sp³-hybridized carbons (Fsp3) is 0.304. The Balaban J connectivity index is 1.25. The average molecular weight is 691 g/mol. The number of hydrogen-bond donors (Lipinski definition) is 0. The molecule has 7 aromatic rings. The molecule has 0 unspecified atom stereocenters. The Morgan fingerprint density at radius 3 is 2.08 bits per heavy atom.